The summed E-state index contributed by atoms with van der Waals surface area (Å²) in [6.45, 7) is 0. The number of alkyl halides is 3. The molecule has 2 heterocycles. The fourth-order valence-electron chi connectivity index (χ4n) is 3.01. The van der Waals surface area contributed by atoms with Gasteiger partial charge in [0.25, 0.3) is 5.91 Å². The smallest absolute Gasteiger partial charge is 0.321 e. The second-order valence-electron chi connectivity index (χ2n) is 6.68. The number of carbonyl (C=O) groups excluding carboxylic acids is 1. The summed E-state index contributed by atoms with van der Waals surface area (Å²) < 4.78 is 55.1. The van der Waals surface area contributed by atoms with E-state index in [1.807, 2.05) is 22.6 Å². The second-order valence-corrected chi connectivity index (χ2v) is 8.70. The highest BCUT2D eigenvalue weighted by Gasteiger charge is 2.36. The van der Waals surface area contributed by atoms with Crippen LogP contribution in [0.1, 0.15) is 15.9 Å². The first-order valence-electron chi connectivity index (χ1n) is 9.14. The molecular formula is C21H11BrF4IN5O. The van der Waals surface area contributed by atoms with Gasteiger partial charge in [0, 0.05) is 8.04 Å². The first-order valence-corrected chi connectivity index (χ1v) is 11.0. The molecule has 4 aromatic rings. The van der Waals surface area contributed by atoms with Crippen molar-refractivity contribution in [1.82, 2.24) is 20.0 Å². The zero-order chi connectivity index (χ0) is 23.8. The van der Waals surface area contributed by atoms with E-state index in [4.69, 9.17) is 0 Å². The van der Waals surface area contributed by atoms with Gasteiger partial charge in [-0.2, -0.15) is 23.4 Å². The third kappa shape index (κ3) is 5.05. The number of halogens is 6. The number of amides is 1. The molecule has 0 unspecified atom stereocenters. The average Bonchev–Trinajstić information content (AvgIpc) is 3.27. The van der Waals surface area contributed by atoms with Crippen LogP contribution in [-0.4, -0.2) is 25.9 Å². The maximum absolute atomic E-state index is 13.6. The van der Waals surface area contributed by atoms with Gasteiger partial charge in [0.05, 0.1) is 29.8 Å². The van der Waals surface area contributed by atoms with Crippen LogP contribution in [0, 0.1) is 9.39 Å². The van der Waals surface area contributed by atoms with Gasteiger partial charge in [-0.25, -0.2) is 9.37 Å². The molecule has 0 aliphatic rings. The van der Waals surface area contributed by atoms with Crippen LogP contribution in [0.2, 0.25) is 0 Å². The molecule has 1 N–H and O–H groups in total. The Labute approximate surface area is 206 Å². The van der Waals surface area contributed by atoms with Gasteiger partial charge in [-0.1, -0.05) is 12.1 Å². The summed E-state index contributed by atoms with van der Waals surface area (Å²) >= 11 is 5.34. The van der Waals surface area contributed by atoms with Crippen molar-refractivity contribution in [3.8, 4) is 16.9 Å². The van der Waals surface area contributed by atoms with E-state index in [1.165, 1.54) is 30.6 Å². The Morgan fingerprint density at radius 2 is 1.79 bits per heavy atom. The van der Waals surface area contributed by atoms with E-state index in [2.05, 4.69) is 36.4 Å². The van der Waals surface area contributed by atoms with E-state index < -0.39 is 23.5 Å². The highest BCUT2D eigenvalue weighted by atomic mass is 127. The van der Waals surface area contributed by atoms with E-state index in [1.54, 1.807) is 18.2 Å². The Bertz CT molecular complexity index is 1350. The predicted molar refractivity (Wildman–Crippen MR) is 124 cm³/mol. The molecule has 2 aromatic heterocycles. The monoisotopic (exact) mass is 631 g/mol. The zero-order valence-corrected chi connectivity index (χ0v) is 20.0. The Morgan fingerprint density at radius 1 is 1.06 bits per heavy atom. The molecule has 0 aliphatic heterocycles. The minimum absolute atomic E-state index is 0.146. The summed E-state index contributed by atoms with van der Waals surface area (Å²) in [5, 5.41) is 9.80. The Kier molecular flexibility index (Phi) is 6.47. The lowest BCUT2D eigenvalue weighted by atomic mass is 10.0. The Morgan fingerprint density at radius 3 is 2.42 bits per heavy atom. The Hall–Kier alpha value is -2.87. The van der Waals surface area contributed by atoms with E-state index >= 15 is 0 Å². The van der Waals surface area contributed by atoms with E-state index in [9.17, 15) is 22.4 Å². The van der Waals surface area contributed by atoms with Gasteiger partial charge < -0.3 is 5.32 Å². The van der Waals surface area contributed by atoms with Crippen LogP contribution in [0.25, 0.3) is 16.9 Å². The molecule has 6 nitrogen and oxygen atoms in total. The van der Waals surface area contributed by atoms with Crippen molar-refractivity contribution < 1.29 is 22.4 Å². The summed E-state index contributed by atoms with van der Waals surface area (Å²) in [5.41, 5.74) is 0.456. The molecule has 0 saturated heterocycles. The molecule has 33 heavy (non-hydrogen) atoms. The number of hydrogen-bond acceptors (Lipinski definition) is 4. The number of rotatable bonds is 4. The molecule has 0 fully saturated rings. The third-order valence-corrected chi connectivity index (χ3v) is 6.04. The third-order valence-electron chi connectivity index (χ3n) is 4.49. The van der Waals surface area contributed by atoms with Gasteiger partial charge in [0.1, 0.15) is 11.4 Å². The summed E-state index contributed by atoms with van der Waals surface area (Å²) in [4.78, 5) is 17.3. The molecule has 2 aromatic carbocycles. The molecular weight excluding hydrogens is 621 g/mol. The Balaban J connectivity index is 1.62. The number of carbonyl (C=O) groups is 1. The summed E-state index contributed by atoms with van der Waals surface area (Å²) in [6.07, 6.45) is -1.20. The van der Waals surface area contributed by atoms with Gasteiger partial charge in [-0.3, -0.25) is 4.79 Å². The quantitative estimate of drug-likeness (QED) is 0.218. The van der Waals surface area contributed by atoms with Gasteiger partial charge in [-0.05, 0) is 80.0 Å². The van der Waals surface area contributed by atoms with Crippen molar-refractivity contribution in [1.29, 1.82) is 0 Å². The highest BCUT2D eigenvalue weighted by Crippen LogP contribution is 2.34. The van der Waals surface area contributed by atoms with Crippen molar-refractivity contribution in [3.63, 3.8) is 0 Å². The molecule has 0 aliphatic carbocycles. The maximum atomic E-state index is 13.6. The van der Waals surface area contributed by atoms with Crippen LogP contribution in [0.4, 0.5) is 23.2 Å². The topological polar surface area (TPSA) is 72.7 Å². The molecule has 4 rings (SSSR count). The van der Waals surface area contributed by atoms with Crippen molar-refractivity contribution in [2.45, 2.75) is 6.18 Å². The molecule has 0 saturated carbocycles. The maximum Gasteiger partial charge on any atom is 0.420 e. The van der Waals surface area contributed by atoms with Crippen molar-refractivity contribution in [2.75, 3.05) is 5.32 Å². The van der Waals surface area contributed by atoms with Crippen LogP contribution in [0.5, 0.6) is 0 Å². The van der Waals surface area contributed by atoms with E-state index in [0.717, 1.165) is 28.2 Å². The van der Waals surface area contributed by atoms with Crippen molar-refractivity contribution in [3.05, 3.63) is 86.0 Å². The number of anilines is 1. The van der Waals surface area contributed by atoms with E-state index in [-0.39, 0.29) is 17.1 Å². The average molecular weight is 632 g/mol. The molecule has 0 atom stereocenters. The van der Waals surface area contributed by atoms with Crippen LogP contribution < -0.4 is 5.32 Å². The minimum Gasteiger partial charge on any atom is -0.321 e. The van der Waals surface area contributed by atoms with Crippen LogP contribution >= 0.6 is 38.5 Å². The molecule has 0 radical (unpaired) electrons. The lowest BCUT2D eigenvalue weighted by Crippen LogP contribution is -2.17. The molecule has 0 bridgehead atoms. The van der Waals surface area contributed by atoms with Crippen LogP contribution in [-0.2, 0) is 6.18 Å². The lowest BCUT2D eigenvalue weighted by Gasteiger charge is -2.14. The molecule has 168 valence electrons. The van der Waals surface area contributed by atoms with Crippen molar-refractivity contribution >= 4 is 50.1 Å². The number of hydrogen-bond donors (Lipinski definition) is 1. The number of nitrogens with zero attached hydrogens (tertiary/aromatic N) is 4. The summed E-state index contributed by atoms with van der Waals surface area (Å²) in [7, 11) is 0. The number of benzene rings is 2. The molecule has 1 amide bonds. The summed E-state index contributed by atoms with van der Waals surface area (Å²) in [5.74, 6) is -1.51. The summed E-state index contributed by atoms with van der Waals surface area (Å²) in [6, 6.07) is 9.98. The normalized spacial score (nSPS) is 11.5. The lowest BCUT2D eigenvalue weighted by molar-refractivity contribution is -0.137. The highest BCUT2D eigenvalue weighted by molar-refractivity contribution is 14.1. The molecule has 0 spiro atoms. The number of pyridine rings is 1. The minimum atomic E-state index is -4.74. The largest absolute Gasteiger partial charge is 0.420 e. The molecule has 12 heteroatoms. The number of aromatic nitrogens is 4. The predicted octanol–water partition coefficient (Wildman–Crippen LogP) is 6.11. The fourth-order valence-corrected chi connectivity index (χ4v) is 4.36. The van der Waals surface area contributed by atoms with Gasteiger partial charge in [0.15, 0.2) is 5.82 Å². The standard InChI is InChI=1S/C21H11BrF4IN5O/c22-17-7-11(14-4-2-12(23)8-18(14)27)1-3-15(17)20(33)31-13-9-16(21(24,25)26)19(28-10-13)32-29-5-6-30-32/h1-10H,(H,31,33). The number of nitrogens with one attached hydrogen (secondary N) is 1. The zero-order valence-electron chi connectivity index (χ0n) is 16.2. The second kappa shape index (κ2) is 9.17. The first-order chi connectivity index (χ1) is 15.6. The SMILES string of the molecule is O=C(Nc1cnc(-n2nccn2)c(C(F)(F)F)c1)c1ccc(-c2ccc(F)cc2I)cc1Br. The van der Waals surface area contributed by atoms with Crippen LogP contribution in [0.15, 0.2) is 65.5 Å². The van der Waals surface area contributed by atoms with Crippen LogP contribution in [0.3, 0.4) is 0 Å². The van der Waals surface area contributed by atoms with Gasteiger partial charge >= 0.3 is 6.18 Å². The van der Waals surface area contributed by atoms with E-state index in [0.29, 0.717) is 8.04 Å². The van der Waals surface area contributed by atoms with Gasteiger partial charge in [0.2, 0.25) is 0 Å². The first kappa shape index (κ1) is 23.3. The fraction of sp³-hybridized carbons (Fsp3) is 0.0476. The van der Waals surface area contributed by atoms with Gasteiger partial charge in [-0.15, -0.1) is 4.80 Å². The van der Waals surface area contributed by atoms with Crippen molar-refractivity contribution in [2.24, 2.45) is 0 Å².